The van der Waals surface area contributed by atoms with Gasteiger partial charge in [0.2, 0.25) is 11.0 Å². The van der Waals surface area contributed by atoms with Gasteiger partial charge in [-0.25, -0.2) is 4.79 Å². The lowest BCUT2D eigenvalue weighted by atomic mass is 10.1. The number of rotatable bonds is 10. The average Bonchev–Trinajstić information content (AvgIpc) is 3.23. The minimum atomic E-state index is -0.568. The van der Waals surface area contributed by atoms with Crippen LogP contribution < -0.4 is 5.32 Å². The second-order valence-electron chi connectivity index (χ2n) is 6.54. The van der Waals surface area contributed by atoms with Gasteiger partial charge in [-0.05, 0) is 24.5 Å². The predicted molar refractivity (Wildman–Crippen MR) is 123 cm³/mol. The number of nitrogens with one attached hydrogen (secondary N) is 1. The van der Waals surface area contributed by atoms with Gasteiger partial charge in [0.15, 0.2) is 4.34 Å². The van der Waals surface area contributed by atoms with Crippen molar-refractivity contribution < 1.29 is 14.3 Å². The molecular formula is C22H24N4O3S2. The monoisotopic (exact) mass is 456 g/mol. The maximum Gasteiger partial charge on any atom is 0.413 e. The molecule has 0 atom stereocenters. The van der Waals surface area contributed by atoms with E-state index in [1.807, 2.05) is 53.4 Å². The van der Waals surface area contributed by atoms with Crippen LogP contribution in [0.15, 0.2) is 65.0 Å². The second-order valence-corrected chi connectivity index (χ2v) is 8.74. The fourth-order valence-electron chi connectivity index (χ4n) is 2.79. The third-order valence-electron chi connectivity index (χ3n) is 4.29. The smallest absolute Gasteiger partial charge is 0.413 e. The fourth-order valence-corrected chi connectivity index (χ4v) is 4.43. The van der Waals surface area contributed by atoms with Crippen LogP contribution in [0.25, 0.3) is 0 Å². The largest absolute Gasteiger partial charge is 0.450 e. The molecule has 0 radical (unpaired) electrons. The number of ether oxygens (including phenoxy) is 1. The molecule has 0 fully saturated rings. The standard InChI is InChI=1S/C22H24N4O3S2/c1-2-29-21(28)23-20-24-25-22(31-20)30-16-19(27)26(15-18-11-7-4-8-12-18)14-13-17-9-5-3-6-10-17/h3-12H,2,13-16H2,1H3,(H,23,24,28). The van der Waals surface area contributed by atoms with E-state index in [-0.39, 0.29) is 18.3 Å². The van der Waals surface area contributed by atoms with Gasteiger partial charge in [-0.3, -0.25) is 10.1 Å². The molecule has 1 aromatic heterocycles. The molecule has 0 saturated heterocycles. The maximum atomic E-state index is 13.0. The maximum absolute atomic E-state index is 13.0. The third kappa shape index (κ3) is 7.69. The molecule has 0 saturated carbocycles. The molecule has 3 rings (SSSR count). The van der Waals surface area contributed by atoms with Crippen molar-refractivity contribution >= 4 is 40.2 Å². The molecule has 1 heterocycles. The number of nitrogens with zero attached hydrogens (tertiary/aromatic N) is 3. The number of thioether (sulfide) groups is 1. The zero-order chi connectivity index (χ0) is 21.9. The summed E-state index contributed by atoms with van der Waals surface area (Å²) in [7, 11) is 0. The summed E-state index contributed by atoms with van der Waals surface area (Å²) in [6.45, 7) is 3.19. The molecule has 0 aliphatic carbocycles. The van der Waals surface area contributed by atoms with E-state index in [9.17, 15) is 9.59 Å². The normalized spacial score (nSPS) is 10.5. The first kappa shape index (κ1) is 22.8. The van der Waals surface area contributed by atoms with Gasteiger partial charge in [0.1, 0.15) is 0 Å². The molecule has 1 N–H and O–H groups in total. The first-order valence-electron chi connectivity index (χ1n) is 9.89. The number of amides is 2. The Balaban J connectivity index is 1.58. The van der Waals surface area contributed by atoms with E-state index in [0.717, 1.165) is 12.0 Å². The van der Waals surface area contributed by atoms with Gasteiger partial charge >= 0.3 is 6.09 Å². The highest BCUT2D eigenvalue weighted by Crippen LogP contribution is 2.26. The second kappa shape index (κ2) is 12.1. The van der Waals surface area contributed by atoms with Crippen molar-refractivity contribution in [3.63, 3.8) is 0 Å². The molecule has 0 aliphatic rings. The number of carbonyl (C=O) groups excluding carboxylic acids is 2. The SMILES string of the molecule is CCOC(=O)Nc1nnc(SCC(=O)N(CCc2ccccc2)Cc2ccccc2)s1. The first-order chi connectivity index (χ1) is 15.1. The lowest BCUT2D eigenvalue weighted by Crippen LogP contribution is -2.33. The Bertz CT molecular complexity index is 967. The lowest BCUT2D eigenvalue weighted by molar-refractivity contribution is -0.128. The van der Waals surface area contributed by atoms with E-state index in [4.69, 9.17) is 4.74 Å². The summed E-state index contributed by atoms with van der Waals surface area (Å²) in [5.74, 6) is 0.273. The number of hydrogen-bond acceptors (Lipinski definition) is 7. The van der Waals surface area contributed by atoms with Gasteiger partial charge in [0.05, 0.1) is 12.4 Å². The van der Waals surface area contributed by atoms with Gasteiger partial charge < -0.3 is 9.64 Å². The summed E-state index contributed by atoms with van der Waals surface area (Å²) >= 11 is 2.52. The van der Waals surface area contributed by atoms with E-state index in [0.29, 0.717) is 22.6 Å². The molecule has 2 amide bonds. The van der Waals surface area contributed by atoms with Crippen molar-refractivity contribution in [2.24, 2.45) is 0 Å². The van der Waals surface area contributed by atoms with Crippen LogP contribution in [-0.4, -0.2) is 46.0 Å². The topological polar surface area (TPSA) is 84.4 Å². The van der Waals surface area contributed by atoms with Crippen LogP contribution >= 0.6 is 23.1 Å². The summed E-state index contributed by atoms with van der Waals surface area (Å²) in [5, 5.41) is 10.8. The van der Waals surface area contributed by atoms with Crippen LogP contribution in [0.2, 0.25) is 0 Å². The van der Waals surface area contributed by atoms with E-state index in [1.54, 1.807) is 6.92 Å². The molecule has 0 spiro atoms. The van der Waals surface area contributed by atoms with Crippen LogP contribution in [-0.2, 0) is 22.5 Å². The minimum absolute atomic E-state index is 0.0277. The van der Waals surface area contributed by atoms with Crippen LogP contribution in [0.4, 0.5) is 9.93 Å². The van der Waals surface area contributed by atoms with E-state index in [1.165, 1.54) is 28.7 Å². The molecule has 162 valence electrons. The number of aromatic nitrogens is 2. The summed E-state index contributed by atoms with van der Waals surface area (Å²) in [6.07, 6.45) is 0.220. The van der Waals surface area contributed by atoms with Crippen molar-refractivity contribution in [1.29, 1.82) is 0 Å². The van der Waals surface area contributed by atoms with E-state index < -0.39 is 6.09 Å². The molecule has 9 heteroatoms. The number of benzene rings is 2. The number of carbonyl (C=O) groups is 2. The highest BCUT2D eigenvalue weighted by atomic mass is 32.2. The Hall–Kier alpha value is -2.91. The quantitative estimate of drug-likeness (QED) is 0.358. The Morgan fingerprint density at radius 2 is 1.71 bits per heavy atom. The number of anilines is 1. The zero-order valence-electron chi connectivity index (χ0n) is 17.2. The van der Waals surface area contributed by atoms with Crippen molar-refractivity contribution in [3.8, 4) is 0 Å². The summed E-state index contributed by atoms with van der Waals surface area (Å²) in [6, 6.07) is 20.1. The summed E-state index contributed by atoms with van der Waals surface area (Å²) in [4.78, 5) is 26.3. The molecule has 2 aromatic carbocycles. The van der Waals surface area contributed by atoms with Crippen LogP contribution in [0.5, 0.6) is 0 Å². The highest BCUT2D eigenvalue weighted by Gasteiger charge is 2.16. The lowest BCUT2D eigenvalue weighted by Gasteiger charge is -2.23. The molecule has 0 aliphatic heterocycles. The van der Waals surface area contributed by atoms with E-state index in [2.05, 4.69) is 27.6 Å². The van der Waals surface area contributed by atoms with Crippen LogP contribution in [0.1, 0.15) is 18.1 Å². The molecular weight excluding hydrogens is 432 g/mol. The zero-order valence-corrected chi connectivity index (χ0v) is 18.8. The van der Waals surface area contributed by atoms with Gasteiger partial charge in [-0.15, -0.1) is 10.2 Å². The molecule has 31 heavy (non-hydrogen) atoms. The van der Waals surface area contributed by atoms with Gasteiger partial charge in [0.25, 0.3) is 0 Å². The summed E-state index contributed by atoms with van der Waals surface area (Å²) in [5.41, 5.74) is 2.28. The Labute approximate surface area is 189 Å². The first-order valence-corrected chi connectivity index (χ1v) is 11.7. The minimum Gasteiger partial charge on any atom is -0.450 e. The Morgan fingerprint density at radius 1 is 1.03 bits per heavy atom. The third-order valence-corrected chi connectivity index (χ3v) is 6.25. The van der Waals surface area contributed by atoms with Crippen molar-refractivity contribution in [3.05, 3.63) is 71.8 Å². The van der Waals surface area contributed by atoms with Crippen molar-refractivity contribution in [2.75, 3.05) is 24.2 Å². The average molecular weight is 457 g/mol. The van der Waals surface area contributed by atoms with Gasteiger partial charge in [-0.1, -0.05) is 83.8 Å². The van der Waals surface area contributed by atoms with Crippen LogP contribution in [0, 0.1) is 0 Å². The molecule has 7 nitrogen and oxygen atoms in total. The van der Waals surface area contributed by atoms with Crippen LogP contribution in [0.3, 0.4) is 0 Å². The Kier molecular flexibility index (Phi) is 8.86. The van der Waals surface area contributed by atoms with Crippen molar-refractivity contribution in [1.82, 2.24) is 15.1 Å². The van der Waals surface area contributed by atoms with Crippen molar-refractivity contribution in [2.45, 2.75) is 24.2 Å². The van der Waals surface area contributed by atoms with Gasteiger partial charge in [0, 0.05) is 13.1 Å². The predicted octanol–water partition coefficient (Wildman–Crippen LogP) is 4.47. The molecule has 0 bridgehead atoms. The molecule has 3 aromatic rings. The Morgan fingerprint density at radius 3 is 2.39 bits per heavy atom. The highest BCUT2D eigenvalue weighted by molar-refractivity contribution is 8.01. The van der Waals surface area contributed by atoms with Gasteiger partial charge in [-0.2, -0.15) is 0 Å². The van der Waals surface area contributed by atoms with E-state index >= 15 is 0 Å². The number of hydrogen-bond donors (Lipinski definition) is 1. The molecule has 0 unspecified atom stereocenters. The summed E-state index contributed by atoms with van der Waals surface area (Å²) < 4.78 is 5.44. The fraction of sp³-hybridized carbons (Fsp3) is 0.273.